The molecule has 4 heteroatoms. The van der Waals surface area contributed by atoms with Crippen LogP contribution < -0.4 is 10.1 Å². The highest BCUT2D eigenvalue weighted by Crippen LogP contribution is 2.36. The van der Waals surface area contributed by atoms with E-state index >= 15 is 0 Å². The Morgan fingerprint density at radius 2 is 2.35 bits per heavy atom. The minimum absolute atomic E-state index is 0.644. The monoisotopic (exact) mass is 315 g/mol. The van der Waals surface area contributed by atoms with Crippen LogP contribution in [0.25, 0.3) is 0 Å². The second-order valence-corrected chi connectivity index (χ2v) is 6.01. The van der Waals surface area contributed by atoms with Gasteiger partial charge >= 0.3 is 0 Å². The van der Waals surface area contributed by atoms with Gasteiger partial charge in [-0.3, -0.25) is 0 Å². The third-order valence-corrected chi connectivity index (χ3v) is 4.47. The van der Waals surface area contributed by atoms with E-state index in [0.29, 0.717) is 6.04 Å². The van der Waals surface area contributed by atoms with Crippen molar-refractivity contribution in [1.82, 2.24) is 5.32 Å². The number of hydrogen-bond acceptors (Lipinski definition) is 3. The molecule has 1 aromatic carbocycles. The minimum atomic E-state index is 0.644. The predicted molar refractivity (Wildman–Crippen MR) is 77.2 cm³/mol. The third kappa shape index (κ3) is 3.18. The Bertz CT molecular complexity index is 391. The fourth-order valence-electron chi connectivity index (χ4n) is 2.30. The molecular formula is C13H18BrNOS. The van der Waals surface area contributed by atoms with Gasteiger partial charge in [0.05, 0.1) is 16.5 Å². The maximum Gasteiger partial charge on any atom is 0.146 e. The van der Waals surface area contributed by atoms with Crippen molar-refractivity contribution in [2.24, 2.45) is 0 Å². The Balaban J connectivity index is 2.19. The first-order valence-corrected chi connectivity index (χ1v) is 7.90. The first-order valence-electron chi connectivity index (χ1n) is 5.88. The fraction of sp³-hybridized carbons (Fsp3) is 0.538. The molecule has 0 aromatic heterocycles. The maximum absolute atomic E-state index is 5.41. The van der Waals surface area contributed by atoms with Gasteiger partial charge < -0.3 is 10.1 Å². The third-order valence-electron chi connectivity index (χ3n) is 3.14. The van der Waals surface area contributed by atoms with Gasteiger partial charge in [0.2, 0.25) is 0 Å². The molecule has 1 aliphatic heterocycles. The Labute approximate surface area is 116 Å². The van der Waals surface area contributed by atoms with Gasteiger partial charge in [-0.1, -0.05) is 0 Å². The van der Waals surface area contributed by atoms with Gasteiger partial charge in [-0.25, -0.2) is 0 Å². The van der Waals surface area contributed by atoms with Gasteiger partial charge in [-0.2, -0.15) is 0 Å². The predicted octanol–water partition coefficient (Wildman–Crippen LogP) is 3.47. The van der Waals surface area contributed by atoms with Crippen LogP contribution in [0.15, 0.2) is 21.5 Å². The summed E-state index contributed by atoms with van der Waals surface area (Å²) in [5.74, 6) is 0.945. The Morgan fingerprint density at radius 1 is 1.53 bits per heavy atom. The average Bonchev–Trinajstić information content (AvgIpc) is 2.81. The summed E-state index contributed by atoms with van der Waals surface area (Å²) in [5.41, 5.74) is 1.38. The Kier molecular flexibility index (Phi) is 4.77. The van der Waals surface area contributed by atoms with Crippen LogP contribution in [-0.4, -0.2) is 26.0 Å². The van der Waals surface area contributed by atoms with Crippen LogP contribution in [0.3, 0.4) is 0 Å². The van der Waals surface area contributed by atoms with Gasteiger partial charge in [0.15, 0.2) is 0 Å². The lowest BCUT2D eigenvalue weighted by Gasteiger charge is -2.14. The van der Waals surface area contributed by atoms with Crippen LogP contribution >= 0.6 is 27.7 Å². The van der Waals surface area contributed by atoms with E-state index in [1.54, 1.807) is 18.9 Å². The Hall–Kier alpha value is -0.190. The van der Waals surface area contributed by atoms with Crippen molar-refractivity contribution in [2.45, 2.75) is 30.2 Å². The van der Waals surface area contributed by atoms with Crippen LogP contribution in [0.2, 0.25) is 0 Å². The van der Waals surface area contributed by atoms with Crippen molar-refractivity contribution in [2.75, 3.05) is 19.9 Å². The zero-order valence-corrected chi connectivity index (χ0v) is 12.7. The zero-order chi connectivity index (χ0) is 12.3. The molecule has 2 rings (SSSR count). The van der Waals surface area contributed by atoms with Crippen LogP contribution in [0.5, 0.6) is 5.75 Å². The largest absolute Gasteiger partial charge is 0.494 e. The summed E-state index contributed by atoms with van der Waals surface area (Å²) in [6.45, 7) is 1.16. The molecule has 0 bridgehead atoms. The van der Waals surface area contributed by atoms with Gasteiger partial charge in [0, 0.05) is 6.04 Å². The number of benzene rings is 1. The van der Waals surface area contributed by atoms with Crippen LogP contribution in [-0.2, 0) is 6.42 Å². The molecule has 0 aliphatic carbocycles. The summed E-state index contributed by atoms with van der Waals surface area (Å²) in [6.07, 6.45) is 5.79. The molecule has 0 radical (unpaired) electrons. The number of halogens is 1. The van der Waals surface area contributed by atoms with E-state index < -0.39 is 0 Å². The molecule has 1 saturated heterocycles. The smallest absolute Gasteiger partial charge is 0.146 e. The van der Waals surface area contributed by atoms with E-state index in [2.05, 4.69) is 39.6 Å². The van der Waals surface area contributed by atoms with Crippen molar-refractivity contribution in [3.05, 3.63) is 22.2 Å². The van der Waals surface area contributed by atoms with Crippen molar-refractivity contribution in [3.8, 4) is 5.75 Å². The number of hydrogen-bond donors (Lipinski definition) is 1. The highest BCUT2D eigenvalue weighted by molar-refractivity contribution is 9.10. The summed E-state index contributed by atoms with van der Waals surface area (Å²) < 4.78 is 6.46. The minimum Gasteiger partial charge on any atom is -0.494 e. The van der Waals surface area contributed by atoms with Crippen LogP contribution in [0.4, 0.5) is 0 Å². The normalized spacial score (nSPS) is 19.6. The highest BCUT2D eigenvalue weighted by atomic mass is 79.9. The van der Waals surface area contributed by atoms with Crippen LogP contribution in [0, 0.1) is 0 Å². The standard InChI is InChI=1S/C13H18BrNOS/c1-16-13-11(14)7-9(8-12(13)17-2)6-10-4-3-5-15-10/h7-8,10,15H,3-6H2,1-2H3. The molecule has 1 fully saturated rings. The quantitative estimate of drug-likeness (QED) is 0.860. The lowest BCUT2D eigenvalue weighted by Crippen LogP contribution is -2.23. The molecule has 0 amide bonds. The topological polar surface area (TPSA) is 21.3 Å². The van der Waals surface area contributed by atoms with Crippen molar-refractivity contribution < 1.29 is 4.74 Å². The Morgan fingerprint density at radius 3 is 2.94 bits per heavy atom. The molecular weight excluding hydrogens is 298 g/mol. The number of nitrogens with one attached hydrogen (secondary N) is 1. The second-order valence-electron chi connectivity index (χ2n) is 4.31. The second kappa shape index (κ2) is 6.12. The summed E-state index contributed by atoms with van der Waals surface area (Å²) in [7, 11) is 1.72. The van der Waals surface area contributed by atoms with Gasteiger partial charge in [-0.05, 0) is 65.7 Å². The highest BCUT2D eigenvalue weighted by Gasteiger charge is 2.16. The average molecular weight is 316 g/mol. The molecule has 17 heavy (non-hydrogen) atoms. The molecule has 0 spiro atoms. The molecule has 1 heterocycles. The molecule has 1 atom stereocenters. The fourth-order valence-corrected chi connectivity index (χ4v) is 3.75. The number of methoxy groups -OCH3 is 1. The molecule has 1 N–H and O–H groups in total. The summed E-state index contributed by atoms with van der Waals surface area (Å²) >= 11 is 5.32. The van der Waals surface area contributed by atoms with E-state index in [4.69, 9.17) is 4.74 Å². The SMILES string of the molecule is COc1c(Br)cc(CC2CCCN2)cc1SC. The van der Waals surface area contributed by atoms with E-state index in [1.807, 2.05) is 0 Å². The van der Waals surface area contributed by atoms with E-state index in [9.17, 15) is 0 Å². The summed E-state index contributed by atoms with van der Waals surface area (Å²) in [5, 5.41) is 3.54. The molecule has 1 unspecified atom stereocenters. The maximum atomic E-state index is 5.41. The molecule has 2 nitrogen and oxygen atoms in total. The summed E-state index contributed by atoms with van der Waals surface area (Å²) in [4.78, 5) is 1.20. The van der Waals surface area contributed by atoms with E-state index in [0.717, 1.165) is 23.2 Å². The van der Waals surface area contributed by atoms with Crippen molar-refractivity contribution in [1.29, 1.82) is 0 Å². The molecule has 0 saturated carbocycles. The van der Waals surface area contributed by atoms with Gasteiger partial charge in [0.25, 0.3) is 0 Å². The number of rotatable bonds is 4. The molecule has 94 valence electrons. The van der Waals surface area contributed by atoms with Crippen molar-refractivity contribution >= 4 is 27.7 Å². The van der Waals surface area contributed by atoms with Crippen LogP contribution in [0.1, 0.15) is 18.4 Å². The number of thioether (sulfide) groups is 1. The molecule has 1 aliphatic rings. The number of ether oxygens (including phenoxy) is 1. The lowest BCUT2D eigenvalue weighted by atomic mass is 10.0. The van der Waals surface area contributed by atoms with E-state index in [-0.39, 0.29) is 0 Å². The first-order chi connectivity index (χ1) is 8.24. The zero-order valence-electron chi connectivity index (χ0n) is 10.3. The lowest BCUT2D eigenvalue weighted by molar-refractivity contribution is 0.401. The van der Waals surface area contributed by atoms with Gasteiger partial charge in [0.1, 0.15) is 5.75 Å². The van der Waals surface area contributed by atoms with E-state index in [1.165, 1.54) is 23.3 Å². The summed E-state index contributed by atoms with van der Waals surface area (Å²) in [6, 6.07) is 5.07. The van der Waals surface area contributed by atoms with Crippen molar-refractivity contribution in [3.63, 3.8) is 0 Å². The molecule has 1 aromatic rings. The first kappa shape index (κ1) is 13.2. The van der Waals surface area contributed by atoms with Gasteiger partial charge in [-0.15, -0.1) is 11.8 Å².